The van der Waals surface area contributed by atoms with Gasteiger partial charge in [0.2, 0.25) is 0 Å². The van der Waals surface area contributed by atoms with E-state index in [1.165, 1.54) is 7.11 Å². The minimum Gasteiger partial charge on any atom is -0.497 e. The zero-order chi connectivity index (χ0) is 11.8. The Labute approximate surface area is 91.4 Å². The molecule has 1 aromatic carbocycles. The molecule has 1 heterocycles. The first-order valence-corrected chi connectivity index (χ1v) is 5.01. The molecule has 0 radical (unpaired) electrons. The van der Waals surface area contributed by atoms with Crippen LogP contribution in [-0.2, 0) is 6.42 Å². The van der Waals surface area contributed by atoms with E-state index in [0.29, 0.717) is 17.9 Å². The van der Waals surface area contributed by atoms with Gasteiger partial charge in [0, 0.05) is 5.69 Å². The van der Waals surface area contributed by atoms with Gasteiger partial charge in [-0.3, -0.25) is 0 Å². The third-order valence-corrected chi connectivity index (χ3v) is 2.74. The van der Waals surface area contributed by atoms with Crippen LogP contribution >= 0.6 is 0 Å². The fourth-order valence-electron chi connectivity index (χ4n) is 1.85. The molecule has 1 aromatic rings. The van der Waals surface area contributed by atoms with Crippen LogP contribution in [0.1, 0.15) is 12.0 Å². The molecule has 1 N–H and O–H groups in total. The molecule has 0 fully saturated rings. The van der Waals surface area contributed by atoms with Crippen LogP contribution in [0.15, 0.2) is 18.2 Å². The number of hydrogen-bond donors (Lipinski definition) is 1. The Morgan fingerprint density at radius 3 is 2.75 bits per heavy atom. The molecule has 0 aromatic heterocycles. The van der Waals surface area contributed by atoms with Gasteiger partial charge in [-0.1, -0.05) is 0 Å². The average molecular weight is 231 g/mol. The minimum absolute atomic E-state index is 0.0731. The maximum atomic E-state index is 12.5. The Bertz CT molecular complexity index is 389. The van der Waals surface area contributed by atoms with E-state index in [1.54, 1.807) is 18.2 Å². The highest BCUT2D eigenvalue weighted by atomic mass is 19.4. The molecule has 1 aliphatic heterocycles. The van der Waals surface area contributed by atoms with Crippen LogP contribution in [0.3, 0.4) is 0 Å². The Balaban J connectivity index is 2.22. The van der Waals surface area contributed by atoms with Gasteiger partial charge in [0.15, 0.2) is 0 Å². The van der Waals surface area contributed by atoms with Crippen LogP contribution in [-0.4, -0.2) is 19.3 Å². The smallest absolute Gasteiger partial charge is 0.408 e. The van der Waals surface area contributed by atoms with Crippen molar-refractivity contribution in [1.82, 2.24) is 0 Å². The monoisotopic (exact) mass is 231 g/mol. The fraction of sp³-hybridized carbons (Fsp3) is 0.455. The molecule has 0 bridgehead atoms. The largest absolute Gasteiger partial charge is 0.497 e. The molecule has 1 aliphatic rings. The van der Waals surface area contributed by atoms with Crippen LogP contribution in [0, 0.1) is 0 Å². The Kier molecular flexibility index (Phi) is 2.69. The lowest BCUT2D eigenvalue weighted by Crippen LogP contribution is -2.39. The van der Waals surface area contributed by atoms with Crippen molar-refractivity contribution in [2.24, 2.45) is 0 Å². The zero-order valence-electron chi connectivity index (χ0n) is 8.77. The van der Waals surface area contributed by atoms with Crippen molar-refractivity contribution in [3.8, 4) is 5.75 Å². The molecule has 1 atom stereocenters. The number of anilines is 1. The van der Waals surface area contributed by atoms with E-state index in [9.17, 15) is 13.2 Å². The Hall–Kier alpha value is -1.39. The summed E-state index contributed by atoms with van der Waals surface area (Å²) in [5, 5.41) is 2.51. The number of rotatable bonds is 1. The van der Waals surface area contributed by atoms with E-state index in [4.69, 9.17) is 4.74 Å². The number of alkyl halides is 3. The summed E-state index contributed by atoms with van der Waals surface area (Å²) >= 11 is 0. The number of methoxy groups -OCH3 is 1. The number of aryl methyl sites for hydroxylation is 1. The summed E-state index contributed by atoms with van der Waals surface area (Å²) in [6, 6.07) is 3.62. The number of ether oxygens (including phenoxy) is 1. The summed E-state index contributed by atoms with van der Waals surface area (Å²) in [5.74, 6) is 0.672. The van der Waals surface area contributed by atoms with Crippen molar-refractivity contribution >= 4 is 5.69 Å². The molecular formula is C11H12F3NO. The van der Waals surface area contributed by atoms with Gasteiger partial charge < -0.3 is 10.1 Å². The molecule has 88 valence electrons. The Morgan fingerprint density at radius 2 is 2.12 bits per heavy atom. The van der Waals surface area contributed by atoms with Crippen LogP contribution in [0.25, 0.3) is 0 Å². The average Bonchev–Trinajstić information content (AvgIpc) is 2.26. The van der Waals surface area contributed by atoms with Gasteiger partial charge in [-0.2, -0.15) is 13.2 Å². The number of nitrogens with one attached hydrogen (secondary N) is 1. The third kappa shape index (κ3) is 2.08. The van der Waals surface area contributed by atoms with E-state index in [0.717, 1.165) is 5.56 Å². The second kappa shape index (κ2) is 3.88. The highest BCUT2D eigenvalue weighted by Gasteiger charge is 2.41. The SMILES string of the molecule is COc1ccc2c(c1)CC[C@H](C(F)(F)F)N2. The lowest BCUT2D eigenvalue weighted by Gasteiger charge is -2.28. The maximum absolute atomic E-state index is 12.5. The van der Waals surface area contributed by atoms with Crippen LogP contribution in [0.5, 0.6) is 5.75 Å². The topological polar surface area (TPSA) is 21.3 Å². The predicted octanol–water partition coefficient (Wildman–Crippen LogP) is 2.98. The van der Waals surface area contributed by atoms with Crippen molar-refractivity contribution in [1.29, 1.82) is 0 Å². The van der Waals surface area contributed by atoms with Gasteiger partial charge in [-0.05, 0) is 36.6 Å². The molecule has 0 aliphatic carbocycles. The summed E-state index contributed by atoms with van der Waals surface area (Å²) in [7, 11) is 1.54. The van der Waals surface area contributed by atoms with Gasteiger partial charge in [0.25, 0.3) is 0 Å². The van der Waals surface area contributed by atoms with E-state index >= 15 is 0 Å². The van der Waals surface area contributed by atoms with E-state index < -0.39 is 12.2 Å². The summed E-state index contributed by atoms with van der Waals surface area (Å²) in [5.41, 5.74) is 1.43. The van der Waals surface area contributed by atoms with E-state index in [2.05, 4.69) is 5.32 Å². The number of fused-ring (bicyclic) bond motifs is 1. The van der Waals surface area contributed by atoms with Gasteiger partial charge >= 0.3 is 6.18 Å². The van der Waals surface area contributed by atoms with Crippen molar-refractivity contribution in [2.75, 3.05) is 12.4 Å². The normalized spacial score (nSPS) is 19.9. The minimum atomic E-state index is -4.18. The third-order valence-electron chi connectivity index (χ3n) is 2.74. The summed E-state index contributed by atoms with van der Waals surface area (Å²) in [6.45, 7) is 0. The molecule has 2 nitrogen and oxygen atoms in total. The quantitative estimate of drug-likeness (QED) is 0.802. The Morgan fingerprint density at radius 1 is 1.38 bits per heavy atom. The van der Waals surface area contributed by atoms with Gasteiger partial charge in [0.1, 0.15) is 11.8 Å². The molecule has 5 heteroatoms. The molecule has 0 amide bonds. The van der Waals surface area contributed by atoms with E-state index in [-0.39, 0.29) is 6.42 Å². The van der Waals surface area contributed by atoms with Crippen LogP contribution in [0.2, 0.25) is 0 Å². The second-order valence-electron chi connectivity index (χ2n) is 3.80. The first-order chi connectivity index (χ1) is 7.50. The predicted molar refractivity (Wildman–Crippen MR) is 54.8 cm³/mol. The summed E-state index contributed by atoms with van der Waals surface area (Å²) in [6.07, 6.45) is -3.69. The standard InChI is InChI=1S/C11H12F3NO/c1-16-8-3-4-9-7(6-8)2-5-10(15-9)11(12,13)14/h3-4,6,10,15H,2,5H2,1H3/t10-/m1/s1. The molecule has 0 spiro atoms. The number of halogens is 3. The van der Waals surface area contributed by atoms with Gasteiger partial charge in [-0.15, -0.1) is 0 Å². The van der Waals surface area contributed by atoms with Crippen molar-refractivity contribution in [3.05, 3.63) is 23.8 Å². The van der Waals surface area contributed by atoms with Gasteiger partial charge in [0.05, 0.1) is 7.11 Å². The molecule has 2 rings (SSSR count). The van der Waals surface area contributed by atoms with E-state index in [1.807, 2.05) is 0 Å². The van der Waals surface area contributed by atoms with Crippen LogP contribution < -0.4 is 10.1 Å². The summed E-state index contributed by atoms with van der Waals surface area (Å²) < 4.78 is 42.5. The lowest BCUT2D eigenvalue weighted by atomic mass is 9.97. The van der Waals surface area contributed by atoms with Crippen molar-refractivity contribution < 1.29 is 17.9 Å². The highest BCUT2D eigenvalue weighted by Crippen LogP contribution is 2.34. The highest BCUT2D eigenvalue weighted by molar-refractivity contribution is 5.56. The molecule has 0 unspecified atom stereocenters. The number of hydrogen-bond acceptors (Lipinski definition) is 2. The lowest BCUT2D eigenvalue weighted by molar-refractivity contribution is -0.144. The second-order valence-corrected chi connectivity index (χ2v) is 3.80. The van der Waals surface area contributed by atoms with Gasteiger partial charge in [-0.25, -0.2) is 0 Å². The fourth-order valence-corrected chi connectivity index (χ4v) is 1.85. The molecule has 0 saturated carbocycles. The van der Waals surface area contributed by atoms with Crippen molar-refractivity contribution in [2.45, 2.75) is 25.1 Å². The molecule has 16 heavy (non-hydrogen) atoms. The first kappa shape index (κ1) is 11.1. The first-order valence-electron chi connectivity index (χ1n) is 5.01. The zero-order valence-corrected chi connectivity index (χ0v) is 8.77. The molecular weight excluding hydrogens is 219 g/mol. The molecule has 0 saturated heterocycles. The van der Waals surface area contributed by atoms with Crippen LogP contribution in [0.4, 0.5) is 18.9 Å². The summed E-state index contributed by atoms with van der Waals surface area (Å²) in [4.78, 5) is 0. The number of benzene rings is 1. The maximum Gasteiger partial charge on any atom is 0.408 e. The van der Waals surface area contributed by atoms with Crippen molar-refractivity contribution in [3.63, 3.8) is 0 Å².